The number of unbranched alkanes of at least 4 members (excludes halogenated alkanes) is 4. The SMILES string of the molecule is CCC/C=C/CCCCCO[C@H]1[C@H](O)[C@@H](CO)OC[C@@H]1O. The van der Waals surface area contributed by atoms with Crippen LogP contribution in [0, 0.1) is 0 Å². The van der Waals surface area contributed by atoms with Crippen LogP contribution in [-0.2, 0) is 9.47 Å². The van der Waals surface area contributed by atoms with E-state index in [1.54, 1.807) is 0 Å². The van der Waals surface area contributed by atoms with Crippen molar-refractivity contribution in [3.63, 3.8) is 0 Å². The fraction of sp³-hybridized carbons (Fsp3) is 0.875. The summed E-state index contributed by atoms with van der Waals surface area (Å²) in [6, 6.07) is 0. The van der Waals surface area contributed by atoms with Crippen LogP contribution >= 0.6 is 0 Å². The van der Waals surface area contributed by atoms with Crippen molar-refractivity contribution < 1.29 is 24.8 Å². The normalized spacial score (nSPS) is 30.1. The van der Waals surface area contributed by atoms with Gasteiger partial charge in [-0.25, -0.2) is 0 Å². The molecule has 1 aliphatic heterocycles. The van der Waals surface area contributed by atoms with Gasteiger partial charge in [0.2, 0.25) is 0 Å². The Morgan fingerprint density at radius 2 is 1.90 bits per heavy atom. The van der Waals surface area contributed by atoms with Gasteiger partial charge in [-0.05, 0) is 25.7 Å². The summed E-state index contributed by atoms with van der Waals surface area (Å²) >= 11 is 0. The quantitative estimate of drug-likeness (QED) is 0.420. The molecule has 0 aromatic carbocycles. The zero-order valence-corrected chi connectivity index (χ0v) is 13.0. The van der Waals surface area contributed by atoms with E-state index in [4.69, 9.17) is 14.6 Å². The molecule has 0 aromatic heterocycles. The van der Waals surface area contributed by atoms with Crippen LogP contribution in [0.15, 0.2) is 12.2 Å². The van der Waals surface area contributed by atoms with Crippen LogP contribution < -0.4 is 0 Å². The Hall–Kier alpha value is -0.460. The lowest BCUT2D eigenvalue weighted by molar-refractivity contribution is -0.210. The van der Waals surface area contributed by atoms with Gasteiger partial charge in [0.15, 0.2) is 0 Å². The predicted molar refractivity (Wildman–Crippen MR) is 81.1 cm³/mol. The molecule has 5 nitrogen and oxygen atoms in total. The summed E-state index contributed by atoms with van der Waals surface area (Å²) in [4.78, 5) is 0. The molecule has 5 heteroatoms. The Balaban J connectivity index is 2.10. The first-order valence-electron chi connectivity index (χ1n) is 8.05. The minimum absolute atomic E-state index is 0.0924. The maximum absolute atomic E-state index is 9.94. The molecule has 4 atom stereocenters. The third-order valence-corrected chi connectivity index (χ3v) is 3.71. The van der Waals surface area contributed by atoms with Gasteiger partial charge in [0, 0.05) is 6.61 Å². The maximum Gasteiger partial charge on any atom is 0.114 e. The molecule has 1 rings (SSSR count). The molecule has 3 N–H and O–H groups in total. The zero-order valence-electron chi connectivity index (χ0n) is 13.0. The molecule has 0 amide bonds. The van der Waals surface area contributed by atoms with Crippen LogP contribution in [0.3, 0.4) is 0 Å². The minimum atomic E-state index is -0.976. The summed E-state index contributed by atoms with van der Waals surface area (Å²) in [5.41, 5.74) is 0. The highest BCUT2D eigenvalue weighted by Crippen LogP contribution is 2.18. The number of hydrogen-bond donors (Lipinski definition) is 3. The number of aliphatic hydroxyl groups is 3. The lowest BCUT2D eigenvalue weighted by Crippen LogP contribution is -2.55. The highest BCUT2D eigenvalue weighted by atomic mass is 16.6. The van der Waals surface area contributed by atoms with E-state index >= 15 is 0 Å². The molecular formula is C16H30O5. The molecule has 1 heterocycles. The van der Waals surface area contributed by atoms with E-state index in [1.165, 1.54) is 6.42 Å². The molecule has 124 valence electrons. The summed E-state index contributed by atoms with van der Waals surface area (Å²) in [7, 11) is 0. The molecule has 0 saturated carbocycles. The second-order valence-electron chi connectivity index (χ2n) is 5.56. The highest BCUT2D eigenvalue weighted by Gasteiger charge is 2.38. The van der Waals surface area contributed by atoms with E-state index in [0.29, 0.717) is 6.61 Å². The third kappa shape index (κ3) is 6.89. The van der Waals surface area contributed by atoms with Crippen molar-refractivity contribution in [1.82, 2.24) is 0 Å². The van der Waals surface area contributed by atoms with Gasteiger partial charge in [-0.15, -0.1) is 0 Å². The molecule has 0 radical (unpaired) electrons. The predicted octanol–water partition coefficient (Wildman–Crippen LogP) is 1.40. The van der Waals surface area contributed by atoms with Crippen LogP contribution in [0.25, 0.3) is 0 Å². The molecule has 0 unspecified atom stereocenters. The summed E-state index contributed by atoms with van der Waals surface area (Å²) in [6.45, 7) is 2.50. The molecule has 21 heavy (non-hydrogen) atoms. The second kappa shape index (κ2) is 11.2. The van der Waals surface area contributed by atoms with Gasteiger partial charge in [-0.1, -0.05) is 31.9 Å². The van der Waals surface area contributed by atoms with Gasteiger partial charge >= 0.3 is 0 Å². The first-order valence-corrected chi connectivity index (χ1v) is 8.05. The number of hydrogen-bond acceptors (Lipinski definition) is 5. The Morgan fingerprint density at radius 3 is 2.62 bits per heavy atom. The lowest BCUT2D eigenvalue weighted by Gasteiger charge is -2.37. The smallest absolute Gasteiger partial charge is 0.114 e. The molecule has 0 aliphatic carbocycles. The third-order valence-electron chi connectivity index (χ3n) is 3.71. The maximum atomic E-state index is 9.94. The first kappa shape index (κ1) is 18.6. The summed E-state index contributed by atoms with van der Waals surface area (Å²) < 4.78 is 10.7. The fourth-order valence-corrected chi connectivity index (χ4v) is 2.39. The summed E-state index contributed by atoms with van der Waals surface area (Å²) in [6.07, 6.45) is 7.83. The molecule has 0 bridgehead atoms. The number of aliphatic hydroxyl groups excluding tert-OH is 3. The van der Waals surface area contributed by atoms with E-state index in [-0.39, 0.29) is 13.2 Å². The number of rotatable bonds is 10. The van der Waals surface area contributed by atoms with Crippen LogP contribution in [0.2, 0.25) is 0 Å². The van der Waals surface area contributed by atoms with Gasteiger partial charge in [-0.2, -0.15) is 0 Å². The Labute approximate surface area is 127 Å². The topological polar surface area (TPSA) is 79.2 Å². The van der Waals surface area contributed by atoms with E-state index < -0.39 is 24.4 Å². The Kier molecular flexibility index (Phi) is 9.87. The van der Waals surface area contributed by atoms with E-state index in [9.17, 15) is 10.2 Å². The van der Waals surface area contributed by atoms with Gasteiger partial charge in [-0.3, -0.25) is 0 Å². The Bertz CT molecular complexity index is 282. The summed E-state index contributed by atoms with van der Waals surface area (Å²) in [5, 5.41) is 28.8. The number of allylic oxidation sites excluding steroid dienone is 2. The average Bonchev–Trinajstić information content (AvgIpc) is 2.48. The minimum Gasteiger partial charge on any atom is -0.394 e. The first-order chi connectivity index (χ1) is 10.2. The van der Waals surface area contributed by atoms with Crippen molar-refractivity contribution >= 4 is 0 Å². The monoisotopic (exact) mass is 302 g/mol. The van der Waals surface area contributed by atoms with E-state index in [0.717, 1.165) is 32.1 Å². The van der Waals surface area contributed by atoms with Crippen molar-refractivity contribution in [2.24, 2.45) is 0 Å². The molecule has 1 fully saturated rings. The van der Waals surface area contributed by atoms with Crippen molar-refractivity contribution in [2.75, 3.05) is 19.8 Å². The van der Waals surface area contributed by atoms with Crippen molar-refractivity contribution in [1.29, 1.82) is 0 Å². The molecule has 0 aromatic rings. The van der Waals surface area contributed by atoms with Gasteiger partial charge < -0.3 is 24.8 Å². The highest BCUT2D eigenvalue weighted by molar-refractivity contribution is 4.87. The van der Waals surface area contributed by atoms with E-state index in [1.807, 2.05) is 0 Å². The Morgan fingerprint density at radius 1 is 1.14 bits per heavy atom. The van der Waals surface area contributed by atoms with Crippen molar-refractivity contribution in [2.45, 2.75) is 69.9 Å². The molecule has 1 saturated heterocycles. The summed E-state index contributed by atoms with van der Waals surface area (Å²) in [5.74, 6) is 0. The van der Waals surface area contributed by atoms with Crippen LogP contribution in [0.5, 0.6) is 0 Å². The van der Waals surface area contributed by atoms with Crippen molar-refractivity contribution in [3.05, 3.63) is 12.2 Å². The van der Waals surface area contributed by atoms with Gasteiger partial charge in [0.1, 0.15) is 24.4 Å². The van der Waals surface area contributed by atoms with Crippen molar-refractivity contribution in [3.8, 4) is 0 Å². The number of ether oxygens (including phenoxy) is 2. The van der Waals surface area contributed by atoms with E-state index in [2.05, 4.69) is 19.1 Å². The van der Waals surface area contributed by atoms with Gasteiger partial charge in [0.25, 0.3) is 0 Å². The average molecular weight is 302 g/mol. The largest absolute Gasteiger partial charge is 0.394 e. The fourth-order valence-electron chi connectivity index (χ4n) is 2.39. The molecule has 0 spiro atoms. The standard InChI is InChI=1S/C16H30O5/c1-2-3-4-5-6-7-8-9-10-20-16-13(18)12-21-14(11-17)15(16)19/h4-5,13-19H,2-3,6-12H2,1H3/b5-4+/t13-,14+,15+,16+/m0/s1. The molecular weight excluding hydrogens is 272 g/mol. The molecule has 1 aliphatic rings. The van der Waals surface area contributed by atoms with Crippen LogP contribution in [0.1, 0.15) is 45.4 Å². The van der Waals surface area contributed by atoms with Crippen LogP contribution in [-0.4, -0.2) is 59.6 Å². The lowest BCUT2D eigenvalue weighted by atomic mass is 10.0. The van der Waals surface area contributed by atoms with Gasteiger partial charge in [0.05, 0.1) is 13.2 Å². The zero-order chi connectivity index (χ0) is 15.5. The van der Waals surface area contributed by atoms with Crippen LogP contribution in [0.4, 0.5) is 0 Å². The second-order valence-corrected chi connectivity index (χ2v) is 5.56.